The van der Waals surface area contributed by atoms with E-state index in [1.54, 1.807) is 0 Å². The Morgan fingerprint density at radius 2 is 1.89 bits per heavy atom. The number of furan rings is 1. The van der Waals surface area contributed by atoms with Gasteiger partial charge in [-0.15, -0.1) is 12.4 Å². The Morgan fingerprint density at radius 1 is 1.22 bits per heavy atom. The van der Waals surface area contributed by atoms with Crippen molar-refractivity contribution >= 4 is 29.3 Å². The lowest BCUT2D eigenvalue weighted by Crippen LogP contribution is -2.40. The van der Waals surface area contributed by atoms with Gasteiger partial charge in [-0.3, -0.25) is 4.79 Å². The Balaban J connectivity index is 0.00000210. The number of piperidine rings is 1. The van der Waals surface area contributed by atoms with E-state index in [1.807, 2.05) is 18.2 Å². The number of aryl methyl sites for hydroxylation is 1. The average molecular weight is 391 g/mol. The number of nitrogens with one attached hydrogen (secondary N) is 2. The van der Waals surface area contributed by atoms with Crippen LogP contribution in [0.5, 0.6) is 0 Å². The Kier molecular flexibility index (Phi) is 6.17. The van der Waals surface area contributed by atoms with E-state index in [0.29, 0.717) is 24.4 Å². The summed E-state index contributed by atoms with van der Waals surface area (Å²) < 4.78 is 6.13. The van der Waals surface area contributed by atoms with Crippen LogP contribution in [-0.2, 0) is 4.79 Å². The van der Waals surface area contributed by atoms with E-state index in [-0.39, 0.29) is 30.3 Å². The maximum Gasteiger partial charge on any atom is 0.220 e. The van der Waals surface area contributed by atoms with Crippen molar-refractivity contribution in [2.45, 2.75) is 71.0 Å². The summed E-state index contributed by atoms with van der Waals surface area (Å²) in [4.78, 5) is 12.8. The molecule has 2 N–H and O–H groups in total. The van der Waals surface area contributed by atoms with Crippen molar-refractivity contribution < 1.29 is 9.21 Å². The monoisotopic (exact) mass is 390 g/mol. The zero-order valence-electron chi connectivity index (χ0n) is 16.5. The molecule has 2 aromatic rings. The molecule has 3 heterocycles. The molecule has 1 aromatic carbocycles. The number of hydrogen-bond donors (Lipinski definition) is 2. The molecule has 2 aliphatic heterocycles. The van der Waals surface area contributed by atoms with Crippen LogP contribution in [0.15, 0.2) is 28.7 Å². The second kappa shape index (κ2) is 8.24. The largest absolute Gasteiger partial charge is 0.459 e. The molecule has 0 spiro atoms. The van der Waals surface area contributed by atoms with Crippen molar-refractivity contribution in [2.24, 2.45) is 11.8 Å². The van der Waals surface area contributed by atoms with Gasteiger partial charge in [0.05, 0.1) is 6.04 Å². The zero-order valence-corrected chi connectivity index (χ0v) is 17.3. The molecule has 148 valence electrons. The SMILES string of the molecule is Cc1c(C(NC(=O)CC2CC3CCC(C2)N3)C(C)C)oc2ccccc12.Cl. The highest BCUT2D eigenvalue weighted by Crippen LogP contribution is 2.35. The molecular formula is C22H31ClN2O2. The van der Waals surface area contributed by atoms with Gasteiger partial charge in [-0.1, -0.05) is 32.0 Å². The first-order valence-electron chi connectivity index (χ1n) is 10.0. The van der Waals surface area contributed by atoms with Gasteiger partial charge in [-0.2, -0.15) is 0 Å². The van der Waals surface area contributed by atoms with Gasteiger partial charge < -0.3 is 15.1 Å². The number of carbonyl (C=O) groups is 1. The van der Waals surface area contributed by atoms with E-state index in [9.17, 15) is 4.79 Å². The number of para-hydroxylation sites is 1. The summed E-state index contributed by atoms with van der Waals surface area (Å²) >= 11 is 0. The Labute approximate surface area is 167 Å². The first-order valence-corrected chi connectivity index (χ1v) is 10.0. The number of benzene rings is 1. The molecule has 3 unspecified atom stereocenters. The second-order valence-corrected chi connectivity index (χ2v) is 8.56. The fourth-order valence-electron chi connectivity index (χ4n) is 4.86. The van der Waals surface area contributed by atoms with Crippen molar-refractivity contribution in [1.82, 2.24) is 10.6 Å². The molecule has 0 aliphatic carbocycles. The third-order valence-corrected chi connectivity index (χ3v) is 6.19. The predicted molar refractivity (Wildman–Crippen MR) is 111 cm³/mol. The van der Waals surface area contributed by atoms with Crippen molar-refractivity contribution in [3.8, 4) is 0 Å². The number of rotatable bonds is 5. The molecule has 2 fully saturated rings. The zero-order chi connectivity index (χ0) is 18.3. The van der Waals surface area contributed by atoms with Gasteiger partial charge in [0.2, 0.25) is 5.91 Å². The lowest BCUT2D eigenvalue weighted by atomic mass is 9.89. The van der Waals surface area contributed by atoms with Gasteiger partial charge in [0.15, 0.2) is 0 Å². The Morgan fingerprint density at radius 3 is 2.52 bits per heavy atom. The number of halogens is 1. The van der Waals surface area contributed by atoms with Crippen molar-refractivity contribution in [3.63, 3.8) is 0 Å². The first kappa shape index (κ1) is 20.2. The molecule has 3 atom stereocenters. The molecule has 5 heteroatoms. The topological polar surface area (TPSA) is 54.3 Å². The highest BCUT2D eigenvalue weighted by Gasteiger charge is 2.35. The summed E-state index contributed by atoms with van der Waals surface area (Å²) in [5, 5.41) is 8.07. The smallest absolute Gasteiger partial charge is 0.220 e. The van der Waals surface area contributed by atoms with Crippen LogP contribution in [0.25, 0.3) is 11.0 Å². The number of hydrogen-bond acceptors (Lipinski definition) is 3. The lowest BCUT2D eigenvalue weighted by Gasteiger charge is -2.29. The van der Waals surface area contributed by atoms with Crippen LogP contribution >= 0.6 is 12.4 Å². The highest BCUT2D eigenvalue weighted by atomic mass is 35.5. The van der Waals surface area contributed by atoms with E-state index >= 15 is 0 Å². The minimum atomic E-state index is -0.0756. The number of amides is 1. The quantitative estimate of drug-likeness (QED) is 0.763. The second-order valence-electron chi connectivity index (χ2n) is 8.56. The van der Waals surface area contributed by atoms with Crippen molar-refractivity contribution in [3.05, 3.63) is 35.6 Å². The van der Waals surface area contributed by atoms with Gasteiger partial charge in [-0.25, -0.2) is 0 Å². The Bertz CT molecular complexity index is 789. The third kappa shape index (κ3) is 4.17. The number of fused-ring (bicyclic) bond motifs is 3. The van der Waals surface area contributed by atoms with Crippen molar-refractivity contribution in [1.29, 1.82) is 0 Å². The van der Waals surface area contributed by atoms with Crippen molar-refractivity contribution in [2.75, 3.05) is 0 Å². The summed E-state index contributed by atoms with van der Waals surface area (Å²) in [6.07, 6.45) is 5.46. The first-order chi connectivity index (χ1) is 12.5. The molecule has 1 aromatic heterocycles. The minimum Gasteiger partial charge on any atom is -0.459 e. The molecule has 4 rings (SSSR count). The van der Waals surface area contributed by atoms with E-state index < -0.39 is 0 Å². The maximum absolute atomic E-state index is 12.8. The van der Waals surface area contributed by atoms with E-state index in [0.717, 1.165) is 35.1 Å². The van der Waals surface area contributed by atoms with Crippen LogP contribution in [0.4, 0.5) is 0 Å². The molecule has 2 aliphatic rings. The fourth-order valence-corrected chi connectivity index (χ4v) is 4.86. The van der Waals surface area contributed by atoms with Crippen LogP contribution in [0.3, 0.4) is 0 Å². The molecule has 2 saturated heterocycles. The molecular weight excluding hydrogens is 360 g/mol. The van der Waals surface area contributed by atoms with Crippen LogP contribution in [0.2, 0.25) is 0 Å². The van der Waals surface area contributed by atoms with Crippen LogP contribution in [0.1, 0.15) is 63.3 Å². The summed E-state index contributed by atoms with van der Waals surface area (Å²) in [7, 11) is 0. The van der Waals surface area contributed by atoms with Gasteiger partial charge >= 0.3 is 0 Å². The summed E-state index contributed by atoms with van der Waals surface area (Å²) in [5.74, 6) is 1.86. The van der Waals surface area contributed by atoms with Crippen LogP contribution in [-0.4, -0.2) is 18.0 Å². The molecule has 2 bridgehead atoms. The summed E-state index contributed by atoms with van der Waals surface area (Å²) in [6, 6.07) is 9.28. The average Bonchev–Trinajstić information content (AvgIpc) is 3.12. The lowest BCUT2D eigenvalue weighted by molar-refractivity contribution is -0.123. The normalized spacial score (nSPS) is 25.4. The molecule has 0 saturated carbocycles. The third-order valence-electron chi connectivity index (χ3n) is 6.19. The maximum atomic E-state index is 12.8. The van der Waals surface area contributed by atoms with Crippen LogP contribution in [0, 0.1) is 18.8 Å². The fraction of sp³-hybridized carbons (Fsp3) is 0.591. The van der Waals surface area contributed by atoms with Crippen LogP contribution < -0.4 is 10.6 Å². The van der Waals surface area contributed by atoms with E-state index in [4.69, 9.17) is 4.42 Å². The molecule has 1 amide bonds. The summed E-state index contributed by atoms with van der Waals surface area (Å²) in [5.41, 5.74) is 2.04. The van der Waals surface area contributed by atoms with Gasteiger partial charge in [0.25, 0.3) is 0 Å². The van der Waals surface area contributed by atoms with E-state index in [1.165, 1.54) is 12.8 Å². The minimum absolute atomic E-state index is 0. The Hall–Kier alpha value is -1.52. The van der Waals surface area contributed by atoms with Gasteiger partial charge in [0, 0.05) is 29.5 Å². The van der Waals surface area contributed by atoms with Gasteiger partial charge in [-0.05, 0) is 50.5 Å². The summed E-state index contributed by atoms with van der Waals surface area (Å²) in [6.45, 7) is 6.37. The molecule has 0 radical (unpaired) electrons. The van der Waals surface area contributed by atoms with Gasteiger partial charge in [0.1, 0.15) is 11.3 Å². The predicted octanol–water partition coefficient (Wildman–Crippen LogP) is 4.90. The number of carbonyl (C=O) groups excluding carboxylic acids is 1. The standard InChI is InChI=1S/C22H30N2O2.ClH/c1-13(2)21(22-14(3)18-6-4-5-7-19(18)26-22)24-20(25)12-15-10-16-8-9-17(11-15)23-16;/h4-7,13,15-17,21,23H,8-12H2,1-3H3,(H,24,25);1H. The van der Waals surface area contributed by atoms with E-state index in [2.05, 4.69) is 37.5 Å². The molecule has 4 nitrogen and oxygen atoms in total. The molecule has 27 heavy (non-hydrogen) atoms. The highest BCUT2D eigenvalue weighted by molar-refractivity contribution is 5.85.